The minimum atomic E-state index is -0.00894. The van der Waals surface area contributed by atoms with Crippen molar-refractivity contribution >= 4 is 11.6 Å². The van der Waals surface area contributed by atoms with Crippen molar-refractivity contribution < 1.29 is 0 Å². The lowest BCUT2D eigenvalue weighted by molar-refractivity contribution is 0.165. The maximum Gasteiger partial charge on any atom is 0.0409 e. The molecule has 1 saturated carbocycles. The fourth-order valence-corrected chi connectivity index (χ4v) is 3.60. The van der Waals surface area contributed by atoms with Crippen LogP contribution in [0, 0.1) is 5.92 Å². The highest BCUT2D eigenvalue weighted by atomic mass is 35.5. The Morgan fingerprint density at radius 2 is 2.26 bits per heavy atom. The Hall–Kier alpha value is -0.570. The Labute approximate surface area is 121 Å². The van der Waals surface area contributed by atoms with Crippen molar-refractivity contribution in [3.63, 3.8) is 0 Å². The van der Waals surface area contributed by atoms with Gasteiger partial charge in [0.1, 0.15) is 0 Å². The molecule has 2 unspecified atom stereocenters. The lowest BCUT2D eigenvalue weighted by atomic mass is 9.77. The Morgan fingerprint density at radius 3 is 2.95 bits per heavy atom. The van der Waals surface area contributed by atoms with Crippen LogP contribution in [0.1, 0.15) is 38.2 Å². The van der Waals surface area contributed by atoms with E-state index in [0.29, 0.717) is 0 Å². The summed E-state index contributed by atoms with van der Waals surface area (Å²) in [5, 5.41) is 0.805. The number of likely N-dealkylation sites (N-methyl/N-ethyl adjacent to an activating group) is 1. The van der Waals surface area contributed by atoms with Crippen molar-refractivity contribution in [1.82, 2.24) is 4.90 Å². The molecule has 0 amide bonds. The molecule has 2 rings (SSSR count). The van der Waals surface area contributed by atoms with E-state index in [2.05, 4.69) is 24.9 Å². The van der Waals surface area contributed by atoms with Crippen LogP contribution in [0.4, 0.5) is 0 Å². The van der Waals surface area contributed by atoms with Gasteiger partial charge >= 0.3 is 0 Å². The largest absolute Gasteiger partial charge is 0.324 e. The zero-order valence-corrected chi connectivity index (χ0v) is 12.8. The number of halogens is 1. The predicted molar refractivity (Wildman–Crippen MR) is 82.3 cm³/mol. The first-order valence-electron chi connectivity index (χ1n) is 7.19. The molecular formula is C16H25ClN2. The second-order valence-corrected chi connectivity index (χ2v) is 6.80. The first kappa shape index (κ1) is 14.8. The van der Waals surface area contributed by atoms with E-state index in [1.165, 1.54) is 18.4 Å². The number of rotatable bonds is 4. The molecule has 1 aliphatic carbocycles. The van der Waals surface area contributed by atoms with Gasteiger partial charge in [-0.3, -0.25) is 0 Å². The Balaban J connectivity index is 1.91. The van der Waals surface area contributed by atoms with E-state index in [0.717, 1.165) is 36.9 Å². The molecular weight excluding hydrogens is 256 g/mol. The quantitative estimate of drug-likeness (QED) is 0.912. The van der Waals surface area contributed by atoms with Crippen LogP contribution in [-0.2, 0) is 6.54 Å². The lowest BCUT2D eigenvalue weighted by Crippen LogP contribution is -2.51. The number of hydrogen-bond acceptors (Lipinski definition) is 2. The second kappa shape index (κ2) is 6.25. The van der Waals surface area contributed by atoms with Gasteiger partial charge in [-0.2, -0.15) is 0 Å². The number of nitrogens with zero attached hydrogens (tertiary/aromatic N) is 1. The van der Waals surface area contributed by atoms with E-state index < -0.39 is 0 Å². The normalized spacial score (nSPS) is 27.7. The van der Waals surface area contributed by atoms with E-state index in [1.54, 1.807) is 0 Å². The summed E-state index contributed by atoms with van der Waals surface area (Å²) in [4.78, 5) is 2.32. The van der Waals surface area contributed by atoms with Gasteiger partial charge in [0.15, 0.2) is 0 Å². The predicted octanol–water partition coefficient (Wildman–Crippen LogP) is 3.68. The third kappa shape index (κ3) is 4.48. The van der Waals surface area contributed by atoms with Crippen LogP contribution in [0.15, 0.2) is 24.3 Å². The molecule has 0 aromatic heterocycles. The van der Waals surface area contributed by atoms with Gasteiger partial charge in [0, 0.05) is 23.7 Å². The maximum atomic E-state index is 6.57. The number of nitrogens with two attached hydrogens (primary N) is 1. The standard InChI is InChI=1S/C16H25ClN2/c1-13-5-4-8-16(18,10-13)12-19(2)11-14-6-3-7-15(17)9-14/h3,6-7,9,13H,4-5,8,10-12,18H2,1-2H3. The van der Waals surface area contributed by atoms with Crippen molar-refractivity contribution in [2.24, 2.45) is 11.7 Å². The van der Waals surface area contributed by atoms with Crippen LogP contribution in [0.5, 0.6) is 0 Å². The monoisotopic (exact) mass is 280 g/mol. The molecule has 0 spiro atoms. The molecule has 2 nitrogen and oxygen atoms in total. The van der Waals surface area contributed by atoms with Gasteiger partial charge in [0.2, 0.25) is 0 Å². The zero-order valence-electron chi connectivity index (χ0n) is 12.0. The van der Waals surface area contributed by atoms with Gasteiger partial charge in [0.25, 0.3) is 0 Å². The number of benzene rings is 1. The highest BCUT2D eigenvalue weighted by molar-refractivity contribution is 6.30. The van der Waals surface area contributed by atoms with Crippen LogP contribution in [0.2, 0.25) is 5.02 Å². The molecule has 0 heterocycles. The van der Waals surface area contributed by atoms with E-state index in [-0.39, 0.29) is 5.54 Å². The van der Waals surface area contributed by atoms with E-state index in [4.69, 9.17) is 17.3 Å². The molecule has 19 heavy (non-hydrogen) atoms. The van der Waals surface area contributed by atoms with Crippen LogP contribution in [-0.4, -0.2) is 24.0 Å². The summed E-state index contributed by atoms with van der Waals surface area (Å²) < 4.78 is 0. The third-order valence-electron chi connectivity index (χ3n) is 4.05. The molecule has 0 bridgehead atoms. The van der Waals surface area contributed by atoms with Crippen molar-refractivity contribution in [3.05, 3.63) is 34.9 Å². The molecule has 0 saturated heterocycles. The van der Waals surface area contributed by atoms with Crippen molar-refractivity contribution in [2.45, 2.75) is 44.7 Å². The fourth-order valence-electron chi connectivity index (χ4n) is 3.38. The smallest absolute Gasteiger partial charge is 0.0409 e. The third-order valence-corrected chi connectivity index (χ3v) is 4.29. The van der Waals surface area contributed by atoms with Crippen molar-refractivity contribution in [2.75, 3.05) is 13.6 Å². The van der Waals surface area contributed by atoms with Gasteiger partial charge in [0.05, 0.1) is 0 Å². The van der Waals surface area contributed by atoms with Crippen LogP contribution in [0.25, 0.3) is 0 Å². The first-order chi connectivity index (χ1) is 8.97. The van der Waals surface area contributed by atoms with Gasteiger partial charge in [-0.1, -0.05) is 43.5 Å². The molecule has 3 heteroatoms. The summed E-state index contributed by atoms with van der Waals surface area (Å²) >= 11 is 6.02. The first-order valence-corrected chi connectivity index (χ1v) is 7.56. The van der Waals surface area contributed by atoms with E-state index >= 15 is 0 Å². The average molecular weight is 281 g/mol. The fraction of sp³-hybridized carbons (Fsp3) is 0.625. The lowest BCUT2D eigenvalue weighted by Gasteiger charge is -2.39. The van der Waals surface area contributed by atoms with Crippen molar-refractivity contribution in [3.8, 4) is 0 Å². The Morgan fingerprint density at radius 1 is 1.47 bits per heavy atom. The van der Waals surface area contributed by atoms with Crippen LogP contribution in [0.3, 0.4) is 0 Å². The van der Waals surface area contributed by atoms with Crippen LogP contribution < -0.4 is 5.73 Å². The van der Waals surface area contributed by atoms with E-state index in [1.807, 2.05) is 18.2 Å². The Bertz CT molecular complexity index is 421. The van der Waals surface area contributed by atoms with E-state index in [9.17, 15) is 0 Å². The highest BCUT2D eigenvalue weighted by Crippen LogP contribution is 2.31. The van der Waals surface area contributed by atoms with Gasteiger partial charge < -0.3 is 10.6 Å². The average Bonchev–Trinajstić information content (AvgIpc) is 2.27. The summed E-state index contributed by atoms with van der Waals surface area (Å²) in [7, 11) is 2.15. The number of hydrogen-bond donors (Lipinski definition) is 1. The molecule has 2 atom stereocenters. The summed E-state index contributed by atoms with van der Waals surface area (Å²) in [6.45, 7) is 4.19. The minimum absolute atomic E-state index is 0.00894. The van der Waals surface area contributed by atoms with Crippen molar-refractivity contribution in [1.29, 1.82) is 0 Å². The second-order valence-electron chi connectivity index (χ2n) is 6.37. The molecule has 1 aromatic carbocycles. The minimum Gasteiger partial charge on any atom is -0.324 e. The highest BCUT2D eigenvalue weighted by Gasteiger charge is 2.31. The SMILES string of the molecule is CC1CCCC(N)(CN(C)Cc2cccc(Cl)c2)C1. The van der Waals surface area contributed by atoms with Gasteiger partial charge in [-0.25, -0.2) is 0 Å². The summed E-state index contributed by atoms with van der Waals surface area (Å²) in [5.41, 5.74) is 7.81. The molecule has 106 valence electrons. The molecule has 1 fully saturated rings. The van der Waals surface area contributed by atoms with Gasteiger partial charge in [-0.05, 0) is 43.5 Å². The molecule has 1 aromatic rings. The maximum absolute atomic E-state index is 6.57. The molecule has 1 aliphatic rings. The van der Waals surface area contributed by atoms with Crippen LogP contribution >= 0.6 is 11.6 Å². The Kier molecular flexibility index (Phi) is 4.88. The topological polar surface area (TPSA) is 29.3 Å². The zero-order chi connectivity index (χ0) is 13.9. The summed E-state index contributed by atoms with van der Waals surface area (Å²) in [5.74, 6) is 0.762. The summed E-state index contributed by atoms with van der Waals surface area (Å²) in [6, 6.07) is 8.07. The van der Waals surface area contributed by atoms with Gasteiger partial charge in [-0.15, -0.1) is 0 Å². The molecule has 0 aliphatic heterocycles. The molecule has 2 N–H and O–H groups in total. The summed E-state index contributed by atoms with van der Waals surface area (Å²) in [6.07, 6.45) is 4.89. The molecule has 0 radical (unpaired) electrons.